The molecule has 0 aromatic rings. The Balaban J connectivity index is 4.74. The van der Waals surface area contributed by atoms with Crippen LogP contribution in [0.4, 0.5) is 0 Å². The maximum atomic E-state index is 11.7. The van der Waals surface area contributed by atoms with Gasteiger partial charge in [-0.2, -0.15) is 0 Å². The molecule has 1 unspecified atom stereocenters. The molecule has 2 N–H and O–H groups in total. The summed E-state index contributed by atoms with van der Waals surface area (Å²) >= 11 is 6.19. The van der Waals surface area contributed by atoms with Crippen molar-refractivity contribution in [3.8, 4) is 0 Å². The van der Waals surface area contributed by atoms with E-state index in [1.165, 1.54) is 6.92 Å². The van der Waals surface area contributed by atoms with Crippen molar-refractivity contribution in [2.75, 3.05) is 27.2 Å². The monoisotopic (exact) mass is 313 g/mol. The van der Waals surface area contributed by atoms with E-state index in [1.807, 2.05) is 19.0 Å². The molecule has 1 atom stereocenters. The van der Waals surface area contributed by atoms with E-state index in [-0.39, 0.29) is 0 Å². The van der Waals surface area contributed by atoms with Gasteiger partial charge in [0.25, 0.3) is 0 Å². The molecule has 5 nitrogen and oxygen atoms in total. The van der Waals surface area contributed by atoms with E-state index in [1.54, 1.807) is 13.0 Å². The van der Waals surface area contributed by atoms with Gasteiger partial charge in [-0.25, -0.2) is 0 Å². The molecule has 0 aromatic carbocycles. The van der Waals surface area contributed by atoms with E-state index in [0.29, 0.717) is 16.3 Å². The van der Waals surface area contributed by atoms with Crippen LogP contribution in [-0.4, -0.2) is 43.9 Å². The number of nitrogens with one attached hydrogen (secondary N) is 2. The van der Waals surface area contributed by atoms with Gasteiger partial charge in [0.1, 0.15) is 0 Å². The van der Waals surface area contributed by atoms with E-state index >= 15 is 0 Å². The molecule has 0 fully saturated rings. The quantitative estimate of drug-likeness (QED) is 0.669. The Morgan fingerprint density at radius 2 is 1.95 bits per heavy atom. The number of carbonyl (C=O) groups excluding carboxylic acids is 2. The molecule has 0 radical (unpaired) electrons. The largest absolute Gasteiger partial charge is 0.373 e. The summed E-state index contributed by atoms with van der Waals surface area (Å²) in [4.78, 5) is 24.5. The molecule has 0 aromatic heterocycles. The number of likely N-dealkylation sites (N-methyl/N-ethyl adjacent to an activating group) is 2. The van der Waals surface area contributed by atoms with Crippen LogP contribution >= 0.6 is 11.6 Å². The number of halogens is 1. The molecule has 0 aliphatic rings. The van der Waals surface area contributed by atoms with Crippen LogP contribution in [-0.2, 0) is 9.59 Å². The van der Waals surface area contributed by atoms with Gasteiger partial charge in [-0.1, -0.05) is 24.8 Å². The van der Waals surface area contributed by atoms with Gasteiger partial charge in [0.05, 0.1) is 11.0 Å². The van der Waals surface area contributed by atoms with Crippen LogP contribution in [0.5, 0.6) is 0 Å². The maximum Gasteiger partial charge on any atom is 0.233 e. The number of hydrogen-bond acceptors (Lipinski definition) is 4. The lowest BCUT2D eigenvalue weighted by Crippen LogP contribution is -2.33. The third kappa shape index (κ3) is 7.11. The van der Waals surface area contributed by atoms with Gasteiger partial charge in [0, 0.05) is 32.8 Å². The molecule has 0 heterocycles. The number of hydrogen-bond donors (Lipinski definition) is 2. The van der Waals surface area contributed by atoms with Gasteiger partial charge in [-0.15, -0.1) is 0 Å². The highest BCUT2D eigenvalue weighted by atomic mass is 35.5. The summed E-state index contributed by atoms with van der Waals surface area (Å²) in [5.74, 6) is -1.34. The molecule has 0 spiro atoms. The SMILES string of the molecule is C=C(/C=C(/Cl)C(=C)N(C)CCNC)C(C)C(=O)NC(C)=O. The summed E-state index contributed by atoms with van der Waals surface area (Å²) in [6, 6.07) is 0. The van der Waals surface area contributed by atoms with Crippen LogP contribution in [0, 0.1) is 5.92 Å². The zero-order valence-electron chi connectivity index (χ0n) is 13.1. The predicted octanol–water partition coefficient (Wildman–Crippen LogP) is 1.63. The predicted molar refractivity (Wildman–Crippen MR) is 86.8 cm³/mol. The third-order valence-corrected chi connectivity index (χ3v) is 3.32. The van der Waals surface area contributed by atoms with Gasteiger partial charge in [0.15, 0.2) is 0 Å². The van der Waals surface area contributed by atoms with Gasteiger partial charge in [0.2, 0.25) is 11.8 Å². The van der Waals surface area contributed by atoms with Crippen LogP contribution in [0.1, 0.15) is 13.8 Å². The van der Waals surface area contributed by atoms with Crippen LogP contribution in [0.3, 0.4) is 0 Å². The van der Waals surface area contributed by atoms with Crippen LogP contribution in [0.2, 0.25) is 0 Å². The molecule has 0 rings (SSSR count). The lowest BCUT2D eigenvalue weighted by atomic mass is 10.0. The summed E-state index contributed by atoms with van der Waals surface area (Å²) in [6.45, 7) is 12.2. The Hall–Kier alpha value is -1.59. The topological polar surface area (TPSA) is 61.4 Å². The Bertz CT molecular complexity index is 458. The minimum atomic E-state index is -0.543. The second-order valence-electron chi connectivity index (χ2n) is 4.81. The first-order chi connectivity index (χ1) is 9.70. The number of amides is 2. The number of allylic oxidation sites excluding steroid dienone is 2. The zero-order valence-corrected chi connectivity index (χ0v) is 13.9. The van der Waals surface area contributed by atoms with Gasteiger partial charge >= 0.3 is 0 Å². The smallest absolute Gasteiger partial charge is 0.233 e. The standard InChI is InChI=1S/C15H24ClN3O2/c1-10(11(2)15(21)18-13(4)20)9-14(16)12(3)19(6)8-7-17-5/h9,11,17H,1,3,7-8H2,2,4-6H3,(H,18,20,21)/b14-9+. The van der Waals surface area contributed by atoms with Crippen molar-refractivity contribution in [2.24, 2.45) is 5.92 Å². The lowest BCUT2D eigenvalue weighted by molar-refractivity contribution is -0.130. The molecule has 0 saturated carbocycles. The van der Waals surface area contributed by atoms with E-state index in [4.69, 9.17) is 11.6 Å². The lowest BCUT2D eigenvalue weighted by Gasteiger charge is -2.21. The Morgan fingerprint density at radius 3 is 2.43 bits per heavy atom. The number of imide groups is 1. The minimum Gasteiger partial charge on any atom is -0.373 e. The highest BCUT2D eigenvalue weighted by Crippen LogP contribution is 2.21. The molecular weight excluding hydrogens is 290 g/mol. The van der Waals surface area contributed by atoms with Crippen LogP contribution < -0.4 is 10.6 Å². The number of nitrogens with zero attached hydrogens (tertiary/aromatic N) is 1. The number of carbonyl (C=O) groups is 2. The minimum absolute atomic E-state index is 0.397. The molecule has 0 aliphatic heterocycles. The fourth-order valence-electron chi connectivity index (χ4n) is 1.42. The van der Waals surface area contributed by atoms with E-state index < -0.39 is 17.7 Å². The first-order valence-electron chi connectivity index (χ1n) is 6.63. The fourth-order valence-corrected chi connectivity index (χ4v) is 1.70. The Kier molecular flexibility index (Phi) is 8.66. The normalized spacial score (nSPS) is 12.5. The Labute approximate surface area is 131 Å². The first kappa shape index (κ1) is 19.4. The molecular formula is C15H24ClN3O2. The molecule has 21 heavy (non-hydrogen) atoms. The summed E-state index contributed by atoms with van der Waals surface area (Å²) < 4.78 is 0. The molecule has 0 aliphatic carbocycles. The zero-order chi connectivity index (χ0) is 16.6. The summed E-state index contributed by atoms with van der Waals surface area (Å²) in [7, 11) is 3.75. The highest BCUT2D eigenvalue weighted by Gasteiger charge is 2.17. The molecule has 0 bridgehead atoms. The van der Waals surface area contributed by atoms with Crippen LogP contribution in [0.15, 0.2) is 35.5 Å². The fraction of sp³-hybridized carbons (Fsp3) is 0.467. The highest BCUT2D eigenvalue weighted by molar-refractivity contribution is 6.32. The van der Waals surface area contributed by atoms with Crippen molar-refractivity contribution in [1.82, 2.24) is 15.5 Å². The average molecular weight is 314 g/mol. The Morgan fingerprint density at radius 1 is 1.38 bits per heavy atom. The second-order valence-corrected chi connectivity index (χ2v) is 5.21. The first-order valence-corrected chi connectivity index (χ1v) is 7.00. The van der Waals surface area contributed by atoms with Gasteiger partial charge in [-0.05, 0) is 25.6 Å². The van der Waals surface area contributed by atoms with Crippen LogP contribution in [0.25, 0.3) is 0 Å². The van der Waals surface area contributed by atoms with Gasteiger partial charge in [-0.3, -0.25) is 14.9 Å². The summed E-state index contributed by atoms with van der Waals surface area (Å²) in [5.41, 5.74) is 1.16. The van der Waals surface area contributed by atoms with Crippen molar-refractivity contribution in [1.29, 1.82) is 0 Å². The number of rotatable bonds is 8. The van der Waals surface area contributed by atoms with E-state index in [9.17, 15) is 9.59 Å². The molecule has 0 saturated heterocycles. The van der Waals surface area contributed by atoms with E-state index in [2.05, 4.69) is 23.8 Å². The molecule has 118 valence electrons. The van der Waals surface area contributed by atoms with Gasteiger partial charge < -0.3 is 10.2 Å². The van der Waals surface area contributed by atoms with E-state index in [0.717, 1.165) is 13.1 Å². The maximum absolute atomic E-state index is 11.7. The average Bonchev–Trinajstić information content (AvgIpc) is 2.41. The van der Waals surface area contributed by atoms with Crippen molar-refractivity contribution in [3.05, 3.63) is 35.5 Å². The van der Waals surface area contributed by atoms with Crippen molar-refractivity contribution in [2.45, 2.75) is 13.8 Å². The second kappa shape index (κ2) is 9.37. The summed E-state index contributed by atoms with van der Waals surface area (Å²) in [6.07, 6.45) is 1.60. The summed E-state index contributed by atoms with van der Waals surface area (Å²) in [5, 5.41) is 5.68. The molecule has 6 heteroatoms. The van der Waals surface area contributed by atoms with Crippen molar-refractivity contribution < 1.29 is 9.59 Å². The third-order valence-electron chi connectivity index (χ3n) is 2.99. The molecule has 2 amide bonds. The van der Waals surface area contributed by atoms with Crippen molar-refractivity contribution >= 4 is 23.4 Å². The van der Waals surface area contributed by atoms with Crippen molar-refractivity contribution in [3.63, 3.8) is 0 Å².